The van der Waals surface area contributed by atoms with Gasteiger partial charge in [-0.3, -0.25) is 4.79 Å². The van der Waals surface area contributed by atoms with Crippen LogP contribution in [0.4, 0.5) is 0 Å². The quantitative estimate of drug-likeness (QED) is 0.866. The van der Waals surface area contributed by atoms with Crippen LogP contribution in [0.3, 0.4) is 0 Å². The van der Waals surface area contributed by atoms with Gasteiger partial charge in [0, 0.05) is 0 Å². The predicted octanol–water partition coefficient (Wildman–Crippen LogP) is 2.38. The zero-order valence-electron chi connectivity index (χ0n) is 8.98. The smallest absolute Gasteiger partial charge is 0.326 e. The summed E-state index contributed by atoms with van der Waals surface area (Å²) in [6.45, 7) is 0. The minimum absolute atomic E-state index is 0.366. The molecule has 1 amide bonds. The molecule has 2 rings (SSSR count). The maximum Gasteiger partial charge on any atom is 0.326 e. The molecule has 92 valence electrons. The lowest BCUT2D eigenvalue weighted by molar-refractivity contribution is -0.139. The number of hydrogen-bond acceptors (Lipinski definition) is 3. The summed E-state index contributed by atoms with van der Waals surface area (Å²) in [5, 5.41) is 11.5. The van der Waals surface area contributed by atoms with Crippen molar-refractivity contribution in [3.63, 3.8) is 0 Å². The zero-order chi connectivity index (χ0) is 12.4. The Labute approximate surface area is 108 Å². The fraction of sp³-hybridized carbons (Fsp3) is 0.455. The first-order chi connectivity index (χ1) is 8.06. The van der Waals surface area contributed by atoms with E-state index in [4.69, 9.17) is 16.7 Å². The van der Waals surface area contributed by atoms with Crippen LogP contribution in [0.15, 0.2) is 12.1 Å². The van der Waals surface area contributed by atoms with E-state index in [1.165, 1.54) is 0 Å². The molecule has 1 unspecified atom stereocenters. The maximum absolute atomic E-state index is 11.8. The van der Waals surface area contributed by atoms with Gasteiger partial charge in [-0.15, -0.1) is 11.3 Å². The Morgan fingerprint density at radius 3 is 2.71 bits per heavy atom. The fourth-order valence-corrected chi connectivity index (χ4v) is 2.52. The molecule has 2 N–H and O–H groups in total. The highest BCUT2D eigenvalue weighted by Crippen LogP contribution is 2.33. The lowest BCUT2D eigenvalue weighted by Gasteiger charge is -2.13. The summed E-state index contributed by atoms with van der Waals surface area (Å²) in [6, 6.07) is 2.42. The second-order valence-electron chi connectivity index (χ2n) is 4.15. The molecule has 17 heavy (non-hydrogen) atoms. The minimum atomic E-state index is -0.979. The van der Waals surface area contributed by atoms with Gasteiger partial charge in [0.1, 0.15) is 6.04 Å². The van der Waals surface area contributed by atoms with Gasteiger partial charge >= 0.3 is 5.97 Å². The van der Waals surface area contributed by atoms with Crippen molar-refractivity contribution in [1.82, 2.24) is 5.32 Å². The average Bonchev–Trinajstić information content (AvgIpc) is 2.97. The van der Waals surface area contributed by atoms with Crippen molar-refractivity contribution < 1.29 is 14.7 Å². The summed E-state index contributed by atoms with van der Waals surface area (Å²) in [5.41, 5.74) is 0. The van der Waals surface area contributed by atoms with Crippen LogP contribution in [0.25, 0.3) is 0 Å². The van der Waals surface area contributed by atoms with Crippen LogP contribution in [0.2, 0.25) is 4.34 Å². The van der Waals surface area contributed by atoms with Crippen molar-refractivity contribution in [3.05, 3.63) is 21.3 Å². The van der Waals surface area contributed by atoms with Gasteiger partial charge in [0.2, 0.25) is 0 Å². The number of carboxylic acids is 1. The van der Waals surface area contributed by atoms with Crippen molar-refractivity contribution in [2.24, 2.45) is 5.92 Å². The van der Waals surface area contributed by atoms with E-state index < -0.39 is 12.0 Å². The van der Waals surface area contributed by atoms with Gasteiger partial charge in [-0.05, 0) is 24.5 Å². The lowest BCUT2D eigenvalue weighted by Crippen LogP contribution is -2.40. The minimum Gasteiger partial charge on any atom is -0.480 e. The molecule has 0 bridgehead atoms. The molecule has 1 fully saturated rings. The van der Waals surface area contributed by atoms with Crippen molar-refractivity contribution in [2.45, 2.75) is 25.3 Å². The molecule has 1 atom stereocenters. The third-order valence-electron chi connectivity index (χ3n) is 2.67. The van der Waals surface area contributed by atoms with Crippen LogP contribution in [0.1, 0.15) is 28.9 Å². The van der Waals surface area contributed by atoms with E-state index in [9.17, 15) is 9.59 Å². The van der Waals surface area contributed by atoms with Crippen LogP contribution in [0.5, 0.6) is 0 Å². The number of rotatable bonds is 5. The second-order valence-corrected chi connectivity index (χ2v) is 5.86. The molecule has 0 saturated heterocycles. The lowest BCUT2D eigenvalue weighted by atomic mass is 10.1. The van der Waals surface area contributed by atoms with E-state index in [2.05, 4.69) is 5.32 Å². The fourth-order valence-electron chi connectivity index (χ4n) is 1.57. The maximum atomic E-state index is 11.8. The average molecular weight is 274 g/mol. The van der Waals surface area contributed by atoms with Crippen LogP contribution >= 0.6 is 22.9 Å². The largest absolute Gasteiger partial charge is 0.480 e. The Morgan fingerprint density at radius 2 is 2.24 bits per heavy atom. The normalized spacial score (nSPS) is 16.5. The summed E-state index contributed by atoms with van der Waals surface area (Å²) in [6.07, 6.45) is 2.63. The Hall–Kier alpha value is -1.07. The molecule has 1 heterocycles. The second kappa shape index (κ2) is 5.06. The molecule has 1 aromatic heterocycles. The van der Waals surface area contributed by atoms with Crippen LogP contribution in [-0.4, -0.2) is 23.0 Å². The molecular formula is C11H12ClNO3S. The molecule has 1 aliphatic carbocycles. The van der Waals surface area contributed by atoms with E-state index >= 15 is 0 Å². The molecule has 4 nitrogen and oxygen atoms in total. The Morgan fingerprint density at radius 1 is 1.53 bits per heavy atom. The van der Waals surface area contributed by atoms with Gasteiger partial charge < -0.3 is 10.4 Å². The summed E-state index contributed by atoms with van der Waals surface area (Å²) in [5.74, 6) is -0.897. The predicted molar refractivity (Wildman–Crippen MR) is 65.6 cm³/mol. The number of nitrogens with one attached hydrogen (secondary N) is 1. The van der Waals surface area contributed by atoms with E-state index in [1.54, 1.807) is 12.1 Å². The van der Waals surface area contributed by atoms with E-state index in [0.717, 1.165) is 24.2 Å². The van der Waals surface area contributed by atoms with E-state index in [0.29, 0.717) is 21.6 Å². The van der Waals surface area contributed by atoms with Crippen LogP contribution in [-0.2, 0) is 4.79 Å². The van der Waals surface area contributed by atoms with Gasteiger partial charge in [0.25, 0.3) is 5.91 Å². The first-order valence-electron chi connectivity index (χ1n) is 5.35. The number of halogens is 1. The SMILES string of the molecule is O=C(NC(CC1CC1)C(=O)O)c1ccc(Cl)s1. The zero-order valence-corrected chi connectivity index (χ0v) is 10.6. The highest BCUT2D eigenvalue weighted by molar-refractivity contribution is 7.18. The van der Waals surface area contributed by atoms with Crippen LogP contribution in [0, 0.1) is 5.92 Å². The van der Waals surface area contributed by atoms with Crippen molar-refractivity contribution in [3.8, 4) is 0 Å². The molecule has 0 aliphatic heterocycles. The van der Waals surface area contributed by atoms with Gasteiger partial charge in [0.15, 0.2) is 0 Å². The Balaban J connectivity index is 1.96. The van der Waals surface area contributed by atoms with Crippen molar-refractivity contribution in [1.29, 1.82) is 0 Å². The monoisotopic (exact) mass is 273 g/mol. The first kappa shape index (κ1) is 12.4. The Kier molecular flexibility index (Phi) is 3.69. The summed E-state index contributed by atoms with van der Waals surface area (Å²) in [4.78, 5) is 23.2. The molecule has 1 aliphatic rings. The number of hydrogen-bond donors (Lipinski definition) is 2. The first-order valence-corrected chi connectivity index (χ1v) is 6.54. The standard InChI is InChI=1S/C11H12ClNO3S/c12-9-4-3-8(17-9)10(14)13-7(11(15)16)5-6-1-2-6/h3-4,6-7H,1-2,5H2,(H,13,14)(H,15,16). The molecule has 0 radical (unpaired) electrons. The molecule has 0 aromatic carbocycles. The molecule has 6 heteroatoms. The molecule has 1 aromatic rings. The highest BCUT2D eigenvalue weighted by atomic mass is 35.5. The summed E-state index contributed by atoms with van der Waals surface area (Å²) < 4.78 is 0.518. The molecular weight excluding hydrogens is 262 g/mol. The number of aliphatic carboxylic acids is 1. The van der Waals surface area contributed by atoms with Crippen LogP contribution < -0.4 is 5.32 Å². The highest BCUT2D eigenvalue weighted by Gasteiger charge is 2.30. The van der Waals surface area contributed by atoms with Gasteiger partial charge in [0.05, 0.1) is 9.21 Å². The van der Waals surface area contributed by atoms with Gasteiger partial charge in [-0.2, -0.15) is 0 Å². The van der Waals surface area contributed by atoms with Gasteiger partial charge in [-0.25, -0.2) is 4.79 Å². The topological polar surface area (TPSA) is 66.4 Å². The number of amides is 1. The summed E-state index contributed by atoms with van der Waals surface area (Å²) in [7, 11) is 0. The van der Waals surface area contributed by atoms with Gasteiger partial charge in [-0.1, -0.05) is 24.4 Å². The third-order valence-corrected chi connectivity index (χ3v) is 3.90. The van der Waals surface area contributed by atoms with E-state index in [-0.39, 0.29) is 5.91 Å². The number of carbonyl (C=O) groups excluding carboxylic acids is 1. The molecule has 1 saturated carbocycles. The van der Waals surface area contributed by atoms with Crippen molar-refractivity contribution >= 4 is 34.8 Å². The van der Waals surface area contributed by atoms with Crippen molar-refractivity contribution in [2.75, 3.05) is 0 Å². The molecule has 0 spiro atoms. The number of carbonyl (C=O) groups is 2. The summed E-state index contributed by atoms with van der Waals surface area (Å²) >= 11 is 6.86. The Bertz CT molecular complexity index is 442. The van der Waals surface area contributed by atoms with E-state index in [1.807, 2.05) is 0 Å². The number of thiophene rings is 1. The number of carboxylic acid groups (broad SMARTS) is 1. The third kappa shape index (κ3) is 3.44.